The normalized spacial score (nSPS) is 9.67. The van der Waals surface area contributed by atoms with Gasteiger partial charge in [0.1, 0.15) is 0 Å². The van der Waals surface area contributed by atoms with Crippen molar-refractivity contribution in [1.29, 1.82) is 0 Å². The summed E-state index contributed by atoms with van der Waals surface area (Å²) in [6, 6.07) is 0. The predicted molar refractivity (Wildman–Crippen MR) is 40.1 cm³/mol. The van der Waals surface area contributed by atoms with Gasteiger partial charge in [0.25, 0.3) is 0 Å². The largest absolute Gasteiger partial charge is 0.474 e. The van der Waals surface area contributed by atoms with Crippen LogP contribution in [0.3, 0.4) is 0 Å². The molecule has 0 aliphatic rings. The highest BCUT2D eigenvalue weighted by atomic mass is 32.1. The standard InChI is InChI=1S/C4H3N3O4S/c5-1-2(7(10)11)6-3(12-1)4(8)9/h5H2,(H,8,9). The number of nitro groups is 1. The molecule has 0 saturated heterocycles. The highest BCUT2D eigenvalue weighted by Gasteiger charge is 2.24. The lowest BCUT2D eigenvalue weighted by atomic mass is 10.7. The van der Waals surface area contributed by atoms with E-state index in [1.807, 2.05) is 0 Å². The average molecular weight is 189 g/mol. The summed E-state index contributed by atoms with van der Waals surface area (Å²) in [5.74, 6) is -1.92. The summed E-state index contributed by atoms with van der Waals surface area (Å²) in [5, 5.41) is 17.9. The Labute approximate surface area is 69.6 Å². The van der Waals surface area contributed by atoms with Gasteiger partial charge < -0.3 is 21.0 Å². The molecule has 0 radical (unpaired) electrons. The van der Waals surface area contributed by atoms with Crippen LogP contribution in [0.4, 0.5) is 10.8 Å². The van der Waals surface area contributed by atoms with Crippen LogP contribution in [-0.2, 0) is 0 Å². The molecule has 0 unspecified atom stereocenters. The molecule has 0 fully saturated rings. The fourth-order valence-electron chi connectivity index (χ4n) is 0.546. The van der Waals surface area contributed by atoms with Crippen molar-refractivity contribution in [2.24, 2.45) is 0 Å². The third-order valence-electron chi connectivity index (χ3n) is 0.990. The van der Waals surface area contributed by atoms with Crippen LogP contribution in [0.2, 0.25) is 0 Å². The number of hydrogen-bond acceptors (Lipinski definition) is 6. The number of carboxylic acid groups (broad SMARTS) is 1. The van der Waals surface area contributed by atoms with Crippen LogP contribution in [0, 0.1) is 10.1 Å². The van der Waals surface area contributed by atoms with Crippen molar-refractivity contribution in [2.45, 2.75) is 0 Å². The van der Waals surface area contributed by atoms with E-state index in [-0.39, 0.29) is 10.0 Å². The maximum atomic E-state index is 10.3. The molecule has 3 N–H and O–H groups in total. The summed E-state index contributed by atoms with van der Waals surface area (Å²) < 4.78 is 0. The first kappa shape index (κ1) is 8.40. The molecular formula is C4H3N3O4S. The zero-order chi connectivity index (χ0) is 9.30. The Hall–Kier alpha value is -1.70. The Morgan fingerprint density at radius 1 is 1.75 bits per heavy atom. The van der Waals surface area contributed by atoms with Gasteiger partial charge in [0.2, 0.25) is 0 Å². The van der Waals surface area contributed by atoms with Gasteiger partial charge in [-0.15, -0.1) is 0 Å². The molecule has 64 valence electrons. The van der Waals surface area contributed by atoms with Crippen molar-refractivity contribution >= 4 is 28.1 Å². The second-order valence-corrected chi connectivity index (χ2v) is 2.80. The minimum atomic E-state index is -1.32. The minimum absolute atomic E-state index is 0.197. The van der Waals surface area contributed by atoms with E-state index in [1.54, 1.807) is 0 Å². The molecule has 1 aromatic heterocycles. The third kappa shape index (κ3) is 1.32. The van der Waals surface area contributed by atoms with Crippen molar-refractivity contribution in [3.8, 4) is 0 Å². The van der Waals surface area contributed by atoms with Gasteiger partial charge >= 0.3 is 16.8 Å². The van der Waals surface area contributed by atoms with Crippen molar-refractivity contribution in [3.05, 3.63) is 15.1 Å². The van der Waals surface area contributed by atoms with Gasteiger partial charge in [-0.25, -0.2) is 4.79 Å². The summed E-state index contributed by atoms with van der Waals surface area (Å²) in [6.45, 7) is 0. The lowest BCUT2D eigenvalue weighted by Crippen LogP contribution is -1.96. The fraction of sp³-hybridized carbons (Fsp3) is 0. The number of aromatic carboxylic acids is 1. The molecule has 0 aliphatic heterocycles. The van der Waals surface area contributed by atoms with Gasteiger partial charge in [0.15, 0.2) is 5.00 Å². The van der Waals surface area contributed by atoms with E-state index in [0.29, 0.717) is 11.3 Å². The number of carbonyl (C=O) groups is 1. The molecule has 1 rings (SSSR count). The lowest BCUT2D eigenvalue weighted by molar-refractivity contribution is -0.388. The molecule has 7 nitrogen and oxygen atoms in total. The van der Waals surface area contributed by atoms with Gasteiger partial charge in [0, 0.05) is 0 Å². The van der Waals surface area contributed by atoms with E-state index < -0.39 is 16.7 Å². The predicted octanol–water partition coefficient (Wildman–Crippen LogP) is 0.332. The lowest BCUT2D eigenvalue weighted by Gasteiger charge is -1.85. The van der Waals surface area contributed by atoms with E-state index in [0.717, 1.165) is 0 Å². The van der Waals surface area contributed by atoms with Crippen LogP contribution in [0.15, 0.2) is 0 Å². The molecule has 12 heavy (non-hydrogen) atoms. The molecule has 1 heterocycles. The molecular weight excluding hydrogens is 186 g/mol. The number of carboxylic acids is 1. The van der Waals surface area contributed by atoms with Gasteiger partial charge in [-0.3, -0.25) is 0 Å². The Balaban J connectivity index is 3.17. The summed E-state index contributed by atoms with van der Waals surface area (Å²) in [4.78, 5) is 22.8. The smallest absolute Gasteiger partial charge is 0.399 e. The first-order valence-electron chi connectivity index (χ1n) is 2.66. The van der Waals surface area contributed by atoms with Crippen LogP contribution < -0.4 is 5.73 Å². The highest BCUT2D eigenvalue weighted by Crippen LogP contribution is 2.27. The number of hydrogen-bond donors (Lipinski definition) is 2. The third-order valence-corrected chi connectivity index (χ3v) is 1.85. The maximum absolute atomic E-state index is 10.3. The van der Waals surface area contributed by atoms with E-state index in [2.05, 4.69) is 4.98 Å². The second kappa shape index (κ2) is 2.74. The van der Waals surface area contributed by atoms with E-state index in [4.69, 9.17) is 10.8 Å². The number of thiazole rings is 1. The Morgan fingerprint density at radius 3 is 2.58 bits per heavy atom. The molecule has 0 aliphatic carbocycles. The first-order valence-corrected chi connectivity index (χ1v) is 3.48. The topological polar surface area (TPSA) is 119 Å². The quantitative estimate of drug-likeness (QED) is 0.511. The summed E-state index contributed by atoms with van der Waals surface area (Å²) >= 11 is 0.576. The Kier molecular flexibility index (Phi) is 1.92. The van der Waals surface area contributed by atoms with Crippen LogP contribution in [-0.4, -0.2) is 21.0 Å². The molecule has 0 bridgehead atoms. The minimum Gasteiger partial charge on any atom is -0.474 e. The highest BCUT2D eigenvalue weighted by molar-refractivity contribution is 7.17. The number of rotatable bonds is 2. The zero-order valence-electron chi connectivity index (χ0n) is 5.55. The molecule has 1 aromatic rings. The van der Waals surface area contributed by atoms with Crippen LogP contribution in [0.5, 0.6) is 0 Å². The second-order valence-electron chi connectivity index (χ2n) is 1.77. The average Bonchev–Trinajstić information content (AvgIpc) is 2.30. The van der Waals surface area contributed by atoms with E-state index in [9.17, 15) is 14.9 Å². The SMILES string of the molecule is Nc1sc(C(=O)O)nc1[N+](=O)[O-]. The molecule has 0 atom stereocenters. The van der Waals surface area contributed by atoms with Gasteiger partial charge in [-0.1, -0.05) is 11.3 Å². The van der Waals surface area contributed by atoms with Crippen LogP contribution in [0.25, 0.3) is 0 Å². The number of nitrogens with zero attached hydrogens (tertiary/aromatic N) is 2. The molecule has 0 spiro atoms. The number of aromatic nitrogens is 1. The van der Waals surface area contributed by atoms with E-state index >= 15 is 0 Å². The monoisotopic (exact) mass is 189 g/mol. The van der Waals surface area contributed by atoms with E-state index in [1.165, 1.54) is 0 Å². The fourth-order valence-corrected chi connectivity index (χ4v) is 1.19. The van der Waals surface area contributed by atoms with Crippen LogP contribution >= 0.6 is 11.3 Å². The number of nitrogens with two attached hydrogens (primary N) is 1. The van der Waals surface area contributed by atoms with Crippen molar-refractivity contribution in [1.82, 2.24) is 4.98 Å². The summed E-state index contributed by atoms with van der Waals surface area (Å²) in [5.41, 5.74) is 5.13. The summed E-state index contributed by atoms with van der Waals surface area (Å²) in [6.07, 6.45) is 0. The first-order chi connectivity index (χ1) is 5.52. The molecule has 0 saturated carbocycles. The van der Waals surface area contributed by atoms with Crippen molar-refractivity contribution in [2.75, 3.05) is 5.73 Å². The maximum Gasteiger partial charge on any atom is 0.399 e. The van der Waals surface area contributed by atoms with Crippen molar-refractivity contribution < 1.29 is 14.8 Å². The number of anilines is 1. The molecule has 0 amide bonds. The molecule has 8 heteroatoms. The molecule has 0 aromatic carbocycles. The summed E-state index contributed by atoms with van der Waals surface area (Å²) in [7, 11) is 0. The van der Waals surface area contributed by atoms with Gasteiger partial charge in [0.05, 0.1) is 0 Å². The van der Waals surface area contributed by atoms with Crippen LogP contribution in [0.1, 0.15) is 9.80 Å². The van der Waals surface area contributed by atoms with Gasteiger partial charge in [-0.2, -0.15) is 0 Å². The Morgan fingerprint density at radius 2 is 2.33 bits per heavy atom. The van der Waals surface area contributed by atoms with Crippen molar-refractivity contribution in [3.63, 3.8) is 0 Å². The Bertz CT molecular complexity index is 346. The number of nitrogen functional groups attached to an aromatic ring is 1. The zero-order valence-corrected chi connectivity index (χ0v) is 6.37. The van der Waals surface area contributed by atoms with Gasteiger partial charge in [-0.05, 0) is 9.91 Å².